The van der Waals surface area contributed by atoms with Crippen molar-refractivity contribution in [3.05, 3.63) is 107 Å². The summed E-state index contributed by atoms with van der Waals surface area (Å²) >= 11 is 3.50. The van der Waals surface area contributed by atoms with Gasteiger partial charge in [0.15, 0.2) is 0 Å². The van der Waals surface area contributed by atoms with Crippen LogP contribution in [0.25, 0.3) is 11.3 Å². The number of hydrogen-bond acceptors (Lipinski definition) is 4. The molecule has 3 aromatic carbocycles. The summed E-state index contributed by atoms with van der Waals surface area (Å²) in [4.78, 5) is 12.9. The smallest absolute Gasteiger partial charge is 0.419 e. The molecule has 1 aromatic heterocycles. The van der Waals surface area contributed by atoms with E-state index in [1.54, 1.807) is 6.20 Å². The lowest BCUT2D eigenvalue weighted by Crippen LogP contribution is -2.27. The van der Waals surface area contributed by atoms with Gasteiger partial charge in [0.25, 0.3) is 0 Å². The highest BCUT2D eigenvalue weighted by Crippen LogP contribution is 2.33. The molecule has 1 heterocycles. The first-order valence-corrected chi connectivity index (χ1v) is 12.2. The molecule has 0 N–H and O–H groups in total. The lowest BCUT2D eigenvalue weighted by atomic mass is 10.1. The Morgan fingerprint density at radius 1 is 0.800 bits per heavy atom. The van der Waals surface area contributed by atoms with Crippen LogP contribution in [0.5, 0.6) is 11.5 Å². The summed E-state index contributed by atoms with van der Waals surface area (Å²) in [5.41, 5.74) is 2.94. The van der Waals surface area contributed by atoms with E-state index in [0.717, 1.165) is 21.2 Å². The number of nitrogens with zero attached hydrogens (tertiary/aromatic N) is 1. The quantitative estimate of drug-likeness (QED) is 0.242. The van der Waals surface area contributed by atoms with E-state index in [1.807, 2.05) is 106 Å². The summed E-state index contributed by atoms with van der Waals surface area (Å²) in [6, 6.07) is 27.5. The largest absolute Gasteiger partial charge is 0.489 e. The standard InChI is InChI=1S/C29H28BrNO4/c1-29(2,3)35-28(32)31-18-24(30)16-27(31)23-14-25(33-19-21-10-6-4-7-11-21)17-26(15-23)34-20-22-12-8-5-9-13-22/h4-18H,19-20H2,1-3H3. The molecule has 35 heavy (non-hydrogen) atoms. The number of hydrogen-bond donors (Lipinski definition) is 0. The maximum Gasteiger partial charge on any atom is 0.419 e. The molecule has 0 radical (unpaired) electrons. The maximum atomic E-state index is 12.9. The van der Waals surface area contributed by atoms with E-state index in [2.05, 4.69) is 15.9 Å². The van der Waals surface area contributed by atoms with Gasteiger partial charge >= 0.3 is 6.09 Å². The van der Waals surface area contributed by atoms with E-state index in [-0.39, 0.29) is 0 Å². The van der Waals surface area contributed by atoms with Crippen molar-refractivity contribution in [2.24, 2.45) is 0 Å². The topological polar surface area (TPSA) is 49.7 Å². The third-order valence-electron chi connectivity index (χ3n) is 5.05. The van der Waals surface area contributed by atoms with Crippen molar-refractivity contribution < 1.29 is 19.0 Å². The fraction of sp³-hybridized carbons (Fsp3) is 0.207. The highest BCUT2D eigenvalue weighted by molar-refractivity contribution is 9.10. The molecule has 0 saturated carbocycles. The second-order valence-corrected chi connectivity index (χ2v) is 10.1. The molecule has 0 fully saturated rings. The van der Waals surface area contributed by atoms with Crippen LogP contribution in [0.2, 0.25) is 0 Å². The third kappa shape index (κ3) is 6.99. The van der Waals surface area contributed by atoms with E-state index >= 15 is 0 Å². The van der Waals surface area contributed by atoms with Gasteiger partial charge in [-0.15, -0.1) is 0 Å². The molecule has 4 rings (SSSR count). The second-order valence-electron chi connectivity index (χ2n) is 9.14. The highest BCUT2D eigenvalue weighted by atomic mass is 79.9. The molecule has 5 nitrogen and oxygen atoms in total. The number of benzene rings is 3. The number of halogens is 1. The van der Waals surface area contributed by atoms with Gasteiger partial charge in [-0.05, 0) is 66.0 Å². The monoisotopic (exact) mass is 533 g/mol. The molecule has 0 aliphatic carbocycles. The predicted molar refractivity (Wildman–Crippen MR) is 141 cm³/mol. The molecular weight excluding hydrogens is 506 g/mol. The first kappa shape index (κ1) is 24.6. The van der Waals surface area contributed by atoms with E-state index in [4.69, 9.17) is 14.2 Å². The van der Waals surface area contributed by atoms with Gasteiger partial charge in [0, 0.05) is 22.3 Å². The van der Waals surface area contributed by atoms with Crippen LogP contribution in [0.3, 0.4) is 0 Å². The molecule has 0 saturated heterocycles. The molecule has 0 aliphatic heterocycles. The lowest BCUT2D eigenvalue weighted by Gasteiger charge is -2.20. The first-order valence-electron chi connectivity index (χ1n) is 11.4. The molecule has 0 bridgehead atoms. The van der Waals surface area contributed by atoms with Gasteiger partial charge in [-0.3, -0.25) is 4.57 Å². The lowest BCUT2D eigenvalue weighted by molar-refractivity contribution is 0.0540. The highest BCUT2D eigenvalue weighted by Gasteiger charge is 2.21. The average molecular weight is 534 g/mol. The second kappa shape index (κ2) is 10.8. The van der Waals surface area contributed by atoms with Crippen LogP contribution >= 0.6 is 15.9 Å². The Balaban J connectivity index is 1.66. The summed E-state index contributed by atoms with van der Waals surface area (Å²) in [5, 5.41) is 0. The number of carbonyl (C=O) groups is 1. The summed E-state index contributed by atoms with van der Waals surface area (Å²) in [7, 11) is 0. The number of rotatable bonds is 7. The Morgan fingerprint density at radius 3 is 1.80 bits per heavy atom. The number of aromatic nitrogens is 1. The molecule has 4 aromatic rings. The molecular formula is C29H28BrNO4. The van der Waals surface area contributed by atoms with Crippen molar-refractivity contribution in [3.63, 3.8) is 0 Å². The molecule has 0 aliphatic rings. The zero-order valence-corrected chi connectivity index (χ0v) is 21.6. The van der Waals surface area contributed by atoms with Crippen molar-refractivity contribution in [1.29, 1.82) is 0 Å². The molecule has 6 heteroatoms. The number of ether oxygens (including phenoxy) is 3. The van der Waals surface area contributed by atoms with Gasteiger partial charge < -0.3 is 14.2 Å². The molecule has 0 amide bonds. The van der Waals surface area contributed by atoms with Gasteiger partial charge in [0.05, 0.1) is 5.69 Å². The molecule has 0 atom stereocenters. The van der Waals surface area contributed by atoms with Crippen molar-refractivity contribution in [3.8, 4) is 22.8 Å². The van der Waals surface area contributed by atoms with Crippen LogP contribution in [-0.2, 0) is 18.0 Å². The summed E-state index contributed by atoms with van der Waals surface area (Å²) in [5.74, 6) is 1.28. The minimum absolute atomic E-state index is 0.416. The van der Waals surface area contributed by atoms with Crippen molar-refractivity contribution >= 4 is 22.0 Å². The average Bonchev–Trinajstić information content (AvgIpc) is 3.24. The summed E-state index contributed by atoms with van der Waals surface area (Å²) < 4.78 is 20.1. The van der Waals surface area contributed by atoms with Crippen LogP contribution in [0.1, 0.15) is 31.9 Å². The van der Waals surface area contributed by atoms with Crippen molar-refractivity contribution in [2.45, 2.75) is 39.6 Å². The predicted octanol–water partition coefficient (Wildman–Crippen LogP) is 7.86. The Labute approximate surface area is 214 Å². The van der Waals surface area contributed by atoms with Crippen LogP contribution in [0, 0.1) is 0 Å². The van der Waals surface area contributed by atoms with Gasteiger partial charge in [-0.1, -0.05) is 60.7 Å². The fourth-order valence-electron chi connectivity index (χ4n) is 3.48. The number of carbonyl (C=O) groups excluding carboxylic acids is 1. The van der Waals surface area contributed by atoms with Crippen molar-refractivity contribution in [1.82, 2.24) is 4.57 Å². The van der Waals surface area contributed by atoms with Gasteiger partial charge in [-0.25, -0.2) is 4.79 Å². The van der Waals surface area contributed by atoms with Gasteiger partial charge in [0.2, 0.25) is 0 Å². The van der Waals surface area contributed by atoms with E-state index in [9.17, 15) is 4.79 Å². The Morgan fingerprint density at radius 2 is 1.31 bits per heavy atom. The summed E-state index contributed by atoms with van der Waals surface area (Å²) in [6.07, 6.45) is 1.24. The van der Waals surface area contributed by atoms with Crippen molar-refractivity contribution in [2.75, 3.05) is 0 Å². The van der Waals surface area contributed by atoms with E-state index < -0.39 is 11.7 Å². The van der Waals surface area contributed by atoms with E-state index in [0.29, 0.717) is 30.4 Å². The van der Waals surface area contributed by atoms with Crippen LogP contribution < -0.4 is 9.47 Å². The first-order chi connectivity index (χ1) is 16.8. The summed E-state index contributed by atoms with van der Waals surface area (Å²) in [6.45, 7) is 6.36. The normalized spacial score (nSPS) is 11.2. The SMILES string of the molecule is CC(C)(C)OC(=O)n1cc(Br)cc1-c1cc(OCc2ccccc2)cc(OCc2ccccc2)c1. The van der Waals surface area contributed by atoms with Gasteiger partial charge in [0.1, 0.15) is 30.3 Å². The minimum Gasteiger partial charge on any atom is -0.489 e. The van der Waals surface area contributed by atoms with Gasteiger partial charge in [-0.2, -0.15) is 0 Å². The van der Waals surface area contributed by atoms with E-state index in [1.165, 1.54) is 4.57 Å². The Hall–Kier alpha value is -3.51. The van der Waals surface area contributed by atoms with Crippen LogP contribution in [0.15, 0.2) is 95.6 Å². The fourth-order valence-corrected chi connectivity index (χ4v) is 3.90. The zero-order chi connectivity index (χ0) is 24.8. The minimum atomic E-state index is -0.615. The Kier molecular flexibility index (Phi) is 7.61. The molecule has 0 unspecified atom stereocenters. The third-order valence-corrected chi connectivity index (χ3v) is 5.48. The van der Waals surface area contributed by atoms with Crippen LogP contribution in [0.4, 0.5) is 4.79 Å². The van der Waals surface area contributed by atoms with Crippen LogP contribution in [-0.4, -0.2) is 16.3 Å². The maximum absolute atomic E-state index is 12.9. The molecule has 0 spiro atoms. The molecule has 180 valence electrons. The zero-order valence-electron chi connectivity index (χ0n) is 20.0. The Bertz CT molecular complexity index is 1220.